The summed E-state index contributed by atoms with van der Waals surface area (Å²) in [4.78, 5) is 0. The largest absolute Gasteiger partial charge is 0.454 e. The van der Waals surface area contributed by atoms with Gasteiger partial charge in [0, 0.05) is 18.7 Å². The van der Waals surface area contributed by atoms with E-state index in [2.05, 4.69) is 11.4 Å². The molecule has 18 heavy (non-hydrogen) atoms. The van der Waals surface area contributed by atoms with Gasteiger partial charge in [0.25, 0.3) is 0 Å². The maximum absolute atomic E-state index is 5.62. The molecule has 1 fully saturated rings. The minimum Gasteiger partial charge on any atom is -0.454 e. The number of fused-ring (bicyclic) bond motifs is 1. The predicted molar refractivity (Wildman–Crippen MR) is 68.0 cm³/mol. The Bertz CT molecular complexity index is 427. The zero-order valence-electron chi connectivity index (χ0n) is 10.7. The lowest BCUT2D eigenvalue weighted by molar-refractivity contribution is 0.171. The molecule has 1 saturated heterocycles. The maximum atomic E-state index is 5.62. The van der Waals surface area contributed by atoms with Crippen molar-refractivity contribution in [3.8, 4) is 11.5 Å². The van der Waals surface area contributed by atoms with Crippen molar-refractivity contribution < 1.29 is 14.2 Å². The van der Waals surface area contributed by atoms with Gasteiger partial charge in [0.05, 0.1) is 6.61 Å². The van der Waals surface area contributed by atoms with Crippen molar-refractivity contribution in [2.45, 2.75) is 31.9 Å². The van der Waals surface area contributed by atoms with Gasteiger partial charge in [-0.15, -0.1) is 0 Å². The van der Waals surface area contributed by atoms with Crippen LogP contribution in [0.3, 0.4) is 0 Å². The van der Waals surface area contributed by atoms with Crippen molar-refractivity contribution in [3.63, 3.8) is 0 Å². The van der Waals surface area contributed by atoms with E-state index in [0.29, 0.717) is 19.4 Å². The fraction of sp³-hybridized carbons (Fsp3) is 0.571. The fourth-order valence-electron chi connectivity index (χ4n) is 2.76. The second-order valence-corrected chi connectivity index (χ2v) is 4.87. The molecule has 0 bridgehead atoms. The summed E-state index contributed by atoms with van der Waals surface area (Å²) in [7, 11) is 1.72. The van der Waals surface area contributed by atoms with E-state index >= 15 is 0 Å². The molecule has 2 heterocycles. The Labute approximate surface area is 107 Å². The van der Waals surface area contributed by atoms with Crippen LogP contribution in [0.15, 0.2) is 12.1 Å². The first kappa shape index (κ1) is 11.8. The molecule has 1 aromatic carbocycles. The number of ether oxygens (including phenoxy) is 3. The van der Waals surface area contributed by atoms with Gasteiger partial charge < -0.3 is 19.5 Å². The van der Waals surface area contributed by atoms with Crippen LogP contribution in [0.25, 0.3) is 0 Å². The molecule has 2 aliphatic heterocycles. The molecule has 98 valence electrons. The molecule has 0 amide bonds. The highest BCUT2D eigenvalue weighted by Crippen LogP contribution is 2.38. The average molecular weight is 249 g/mol. The molecular formula is C14H19NO3. The summed E-state index contributed by atoms with van der Waals surface area (Å²) in [5.74, 6) is 1.78. The van der Waals surface area contributed by atoms with E-state index in [9.17, 15) is 0 Å². The highest BCUT2D eigenvalue weighted by Gasteiger charge is 2.24. The Hall–Kier alpha value is -1.26. The summed E-state index contributed by atoms with van der Waals surface area (Å²) in [6, 6.07) is 4.61. The lowest BCUT2D eigenvalue weighted by Gasteiger charge is -2.16. The molecule has 0 aliphatic carbocycles. The summed E-state index contributed by atoms with van der Waals surface area (Å²) < 4.78 is 16.4. The van der Waals surface area contributed by atoms with Crippen LogP contribution in [0.1, 0.15) is 24.0 Å². The molecule has 1 atom stereocenters. The van der Waals surface area contributed by atoms with Gasteiger partial charge in [-0.3, -0.25) is 0 Å². The number of hydrogen-bond acceptors (Lipinski definition) is 4. The third-order valence-electron chi connectivity index (χ3n) is 3.65. The molecule has 0 aromatic heterocycles. The van der Waals surface area contributed by atoms with Crippen molar-refractivity contribution in [3.05, 3.63) is 23.3 Å². The fourth-order valence-corrected chi connectivity index (χ4v) is 2.76. The molecule has 2 aliphatic rings. The molecule has 1 aromatic rings. The Morgan fingerprint density at radius 3 is 3.11 bits per heavy atom. The van der Waals surface area contributed by atoms with Crippen molar-refractivity contribution >= 4 is 0 Å². The van der Waals surface area contributed by atoms with Crippen LogP contribution in [0.2, 0.25) is 0 Å². The third-order valence-corrected chi connectivity index (χ3v) is 3.65. The molecule has 1 N–H and O–H groups in total. The maximum Gasteiger partial charge on any atom is 0.231 e. The predicted octanol–water partition coefficient (Wildman–Crippen LogP) is 1.86. The van der Waals surface area contributed by atoms with Gasteiger partial charge in [0.15, 0.2) is 11.5 Å². The van der Waals surface area contributed by atoms with Crippen LogP contribution in [-0.2, 0) is 17.8 Å². The quantitative estimate of drug-likeness (QED) is 0.884. The second kappa shape index (κ2) is 5.16. The zero-order chi connectivity index (χ0) is 12.4. The summed E-state index contributed by atoms with van der Waals surface area (Å²) in [6.45, 7) is 2.08. The lowest BCUT2D eigenvalue weighted by atomic mass is 9.98. The topological polar surface area (TPSA) is 39.7 Å². The van der Waals surface area contributed by atoms with Crippen LogP contribution in [-0.4, -0.2) is 26.5 Å². The summed E-state index contributed by atoms with van der Waals surface area (Å²) in [5.41, 5.74) is 2.45. The highest BCUT2D eigenvalue weighted by atomic mass is 16.7. The van der Waals surface area contributed by atoms with Gasteiger partial charge >= 0.3 is 0 Å². The molecule has 0 spiro atoms. The normalized spacial score (nSPS) is 21.5. The van der Waals surface area contributed by atoms with E-state index < -0.39 is 0 Å². The van der Waals surface area contributed by atoms with Crippen LogP contribution in [0.4, 0.5) is 0 Å². The Balaban J connectivity index is 1.90. The molecule has 0 saturated carbocycles. The SMILES string of the molecule is COCc1ccc2c(c1CC1CCCN1)OCO2. The van der Waals surface area contributed by atoms with Gasteiger partial charge in [-0.25, -0.2) is 0 Å². The number of methoxy groups -OCH3 is 1. The molecule has 4 nitrogen and oxygen atoms in total. The van der Waals surface area contributed by atoms with Gasteiger partial charge in [-0.05, 0) is 37.4 Å². The van der Waals surface area contributed by atoms with E-state index in [4.69, 9.17) is 14.2 Å². The second-order valence-electron chi connectivity index (χ2n) is 4.87. The van der Waals surface area contributed by atoms with Crippen LogP contribution >= 0.6 is 0 Å². The first-order valence-electron chi connectivity index (χ1n) is 6.51. The van der Waals surface area contributed by atoms with Crippen molar-refractivity contribution in [1.82, 2.24) is 5.32 Å². The van der Waals surface area contributed by atoms with Crippen molar-refractivity contribution in [1.29, 1.82) is 0 Å². The van der Waals surface area contributed by atoms with Gasteiger partial charge in [0.2, 0.25) is 6.79 Å². The van der Waals surface area contributed by atoms with Crippen LogP contribution in [0, 0.1) is 0 Å². The lowest BCUT2D eigenvalue weighted by Crippen LogP contribution is -2.24. The minimum absolute atomic E-state index is 0.330. The van der Waals surface area contributed by atoms with Gasteiger partial charge in [0.1, 0.15) is 0 Å². The third kappa shape index (κ3) is 2.18. The molecule has 4 heteroatoms. The van der Waals surface area contributed by atoms with E-state index in [-0.39, 0.29) is 0 Å². The first-order valence-corrected chi connectivity index (χ1v) is 6.51. The Morgan fingerprint density at radius 2 is 2.33 bits per heavy atom. The molecule has 0 radical (unpaired) electrons. The standard InChI is InChI=1S/C14H19NO3/c1-16-8-10-4-5-13-14(18-9-17-13)12(10)7-11-3-2-6-15-11/h4-5,11,15H,2-3,6-9H2,1H3. The summed E-state index contributed by atoms with van der Waals surface area (Å²) in [5, 5.41) is 3.53. The van der Waals surface area contributed by atoms with Crippen molar-refractivity contribution in [2.75, 3.05) is 20.4 Å². The average Bonchev–Trinajstić information content (AvgIpc) is 3.02. The van der Waals surface area contributed by atoms with Crippen LogP contribution in [0.5, 0.6) is 11.5 Å². The Morgan fingerprint density at radius 1 is 1.39 bits per heavy atom. The van der Waals surface area contributed by atoms with Gasteiger partial charge in [-0.2, -0.15) is 0 Å². The molecule has 3 rings (SSSR count). The molecule has 1 unspecified atom stereocenters. The number of hydrogen-bond donors (Lipinski definition) is 1. The number of rotatable bonds is 4. The highest BCUT2D eigenvalue weighted by molar-refractivity contribution is 5.52. The van der Waals surface area contributed by atoms with Gasteiger partial charge in [-0.1, -0.05) is 6.07 Å². The van der Waals surface area contributed by atoms with Crippen molar-refractivity contribution in [2.24, 2.45) is 0 Å². The van der Waals surface area contributed by atoms with E-state index in [1.54, 1.807) is 7.11 Å². The Kier molecular flexibility index (Phi) is 3.39. The zero-order valence-corrected chi connectivity index (χ0v) is 10.7. The van der Waals surface area contributed by atoms with Crippen LogP contribution < -0.4 is 14.8 Å². The molecular weight excluding hydrogens is 230 g/mol. The summed E-state index contributed by atoms with van der Waals surface area (Å²) in [6.07, 6.45) is 3.48. The van der Waals surface area contributed by atoms with E-state index in [0.717, 1.165) is 24.5 Å². The smallest absolute Gasteiger partial charge is 0.231 e. The number of nitrogens with one attached hydrogen (secondary N) is 1. The summed E-state index contributed by atoms with van der Waals surface area (Å²) >= 11 is 0. The first-order chi connectivity index (χ1) is 8.88. The number of benzene rings is 1. The van der Waals surface area contributed by atoms with E-state index in [1.807, 2.05) is 6.07 Å². The monoisotopic (exact) mass is 249 g/mol. The van der Waals surface area contributed by atoms with E-state index in [1.165, 1.54) is 24.0 Å². The minimum atomic E-state index is 0.330.